The van der Waals surface area contributed by atoms with Gasteiger partial charge in [0.05, 0.1) is 0 Å². The van der Waals surface area contributed by atoms with Gasteiger partial charge in [-0.25, -0.2) is 0 Å². The Labute approximate surface area is 145 Å². The van der Waals surface area contributed by atoms with Crippen LogP contribution in [0.5, 0.6) is 0 Å². The van der Waals surface area contributed by atoms with Crippen LogP contribution in [0, 0.1) is 0 Å². The fourth-order valence-electron chi connectivity index (χ4n) is 2.22. The summed E-state index contributed by atoms with van der Waals surface area (Å²) in [6.45, 7) is 0. The van der Waals surface area contributed by atoms with E-state index in [0.717, 1.165) is 11.4 Å². The van der Waals surface area contributed by atoms with Crippen LogP contribution in [0.4, 0.5) is 22.7 Å². The highest BCUT2D eigenvalue weighted by molar-refractivity contribution is 6.43. The average Bonchev–Trinajstić information content (AvgIpc) is 2.65. The van der Waals surface area contributed by atoms with Gasteiger partial charge in [0.25, 0.3) is 0 Å². The summed E-state index contributed by atoms with van der Waals surface area (Å²) in [6.07, 6.45) is 0. The SMILES string of the molecule is O=C(Nc1ccccc1)C(=O)Nc1ccc(Nc2ccccc2)cc1. The van der Waals surface area contributed by atoms with Crippen molar-refractivity contribution < 1.29 is 9.59 Å². The van der Waals surface area contributed by atoms with E-state index in [4.69, 9.17) is 0 Å². The van der Waals surface area contributed by atoms with E-state index in [0.29, 0.717) is 11.4 Å². The molecule has 0 atom stereocenters. The third-order valence-electron chi connectivity index (χ3n) is 3.44. The first-order chi connectivity index (χ1) is 12.2. The maximum atomic E-state index is 12.0. The largest absolute Gasteiger partial charge is 0.356 e. The predicted octanol–water partition coefficient (Wildman–Crippen LogP) is 4.01. The molecule has 0 bridgehead atoms. The van der Waals surface area contributed by atoms with Gasteiger partial charge >= 0.3 is 11.8 Å². The predicted molar refractivity (Wildman–Crippen MR) is 99.9 cm³/mol. The van der Waals surface area contributed by atoms with Crippen molar-refractivity contribution in [1.29, 1.82) is 0 Å². The second-order valence-corrected chi connectivity index (χ2v) is 5.34. The van der Waals surface area contributed by atoms with Gasteiger partial charge in [0.2, 0.25) is 0 Å². The van der Waals surface area contributed by atoms with Crippen molar-refractivity contribution >= 4 is 34.6 Å². The molecule has 25 heavy (non-hydrogen) atoms. The third kappa shape index (κ3) is 4.68. The summed E-state index contributed by atoms with van der Waals surface area (Å²) < 4.78 is 0. The summed E-state index contributed by atoms with van der Waals surface area (Å²) >= 11 is 0. The molecule has 0 heterocycles. The summed E-state index contributed by atoms with van der Waals surface area (Å²) in [7, 11) is 0. The van der Waals surface area contributed by atoms with Crippen molar-refractivity contribution in [2.45, 2.75) is 0 Å². The zero-order valence-electron chi connectivity index (χ0n) is 13.4. The van der Waals surface area contributed by atoms with Crippen LogP contribution < -0.4 is 16.0 Å². The van der Waals surface area contributed by atoms with Crippen LogP contribution in [0.25, 0.3) is 0 Å². The van der Waals surface area contributed by atoms with E-state index < -0.39 is 11.8 Å². The minimum absolute atomic E-state index is 0.548. The van der Waals surface area contributed by atoms with Crippen LogP contribution >= 0.6 is 0 Å². The van der Waals surface area contributed by atoms with Gasteiger partial charge in [-0.05, 0) is 48.5 Å². The Bertz CT molecular complexity index is 847. The number of hydrogen-bond donors (Lipinski definition) is 3. The Morgan fingerprint density at radius 1 is 0.480 bits per heavy atom. The fourth-order valence-corrected chi connectivity index (χ4v) is 2.22. The lowest BCUT2D eigenvalue weighted by Gasteiger charge is -2.09. The molecule has 5 nitrogen and oxygen atoms in total. The van der Waals surface area contributed by atoms with Crippen molar-refractivity contribution in [2.75, 3.05) is 16.0 Å². The van der Waals surface area contributed by atoms with E-state index in [9.17, 15) is 9.59 Å². The molecular formula is C20H17N3O2. The Balaban J connectivity index is 1.57. The first-order valence-corrected chi connectivity index (χ1v) is 7.80. The van der Waals surface area contributed by atoms with Crippen LogP contribution in [-0.4, -0.2) is 11.8 Å². The first kappa shape index (κ1) is 16.3. The summed E-state index contributed by atoms with van der Waals surface area (Å²) in [5.41, 5.74) is 2.98. The lowest BCUT2D eigenvalue weighted by Crippen LogP contribution is -2.29. The summed E-state index contributed by atoms with van der Waals surface area (Å²) in [5.74, 6) is -1.43. The van der Waals surface area contributed by atoms with Gasteiger partial charge in [0.15, 0.2) is 0 Å². The van der Waals surface area contributed by atoms with Gasteiger partial charge in [0.1, 0.15) is 0 Å². The highest BCUT2D eigenvalue weighted by Gasteiger charge is 2.13. The van der Waals surface area contributed by atoms with E-state index in [1.165, 1.54) is 0 Å². The molecule has 0 aliphatic rings. The van der Waals surface area contributed by atoms with Crippen molar-refractivity contribution in [3.8, 4) is 0 Å². The Kier molecular flexibility index (Phi) is 5.07. The highest BCUT2D eigenvalue weighted by Crippen LogP contribution is 2.18. The molecule has 0 saturated heterocycles. The maximum Gasteiger partial charge on any atom is 0.314 e. The molecule has 5 heteroatoms. The fraction of sp³-hybridized carbons (Fsp3) is 0. The van der Waals surface area contributed by atoms with Gasteiger partial charge < -0.3 is 16.0 Å². The molecule has 0 fully saturated rings. The first-order valence-electron chi connectivity index (χ1n) is 7.80. The number of hydrogen-bond acceptors (Lipinski definition) is 3. The number of nitrogens with one attached hydrogen (secondary N) is 3. The molecule has 3 N–H and O–H groups in total. The number of carbonyl (C=O) groups is 2. The molecule has 2 amide bonds. The zero-order valence-corrected chi connectivity index (χ0v) is 13.4. The minimum atomic E-state index is -0.715. The number of para-hydroxylation sites is 2. The third-order valence-corrected chi connectivity index (χ3v) is 3.44. The standard InChI is InChI=1S/C20H17N3O2/c24-19(22-16-9-5-2-6-10-16)20(25)23-18-13-11-17(12-14-18)21-15-7-3-1-4-8-15/h1-14,21H,(H,22,24)(H,23,25). The van der Waals surface area contributed by atoms with Crippen LogP contribution in [-0.2, 0) is 9.59 Å². The minimum Gasteiger partial charge on any atom is -0.356 e. The molecule has 0 aliphatic heterocycles. The molecule has 0 spiro atoms. The van der Waals surface area contributed by atoms with Gasteiger partial charge in [-0.15, -0.1) is 0 Å². The molecule has 3 aromatic carbocycles. The molecule has 3 aromatic rings. The summed E-state index contributed by atoms with van der Waals surface area (Å²) in [4.78, 5) is 23.8. The summed E-state index contributed by atoms with van der Waals surface area (Å²) in [5, 5.41) is 8.36. The van der Waals surface area contributed by atoms with Crippen molar-refractivity contribution in [3.63, 3.8) is 0 Å². The molecule has 0 saturated carbocycles. The van der Waals surface area contributed by atoms with Crippen LogP contribution in [0.3, 0.4) is 0 Å². The van der Waals surface area contributed by atoms with E-state index in [1.807, 2.05) is 48.5 Å². The van der Waals surface area contributed by atoms with Gasteiger partial charge in [-0.1, -0.05) is 36.4 Å². The molecule has 124 valence electrons. The zero-order chi connectivity index (χ0) is 17.5. The maximum absolute atomic E-state index is 12.0. The van der Waals surface area contributed by atoms with E-state index >= 15 is 0 Å². The van der Waals surface area contributed by atoms with Gasteiger partial charge in [-0.2, -0.15) is 0 Å². The molecular weight excluding hydrogens is 314 g/mol. The number of anilines is 4. The Morgan fingerprint density at radius 3 is 1.36 bits per heavy atom. The quantitative estimate of drug-likeness (QED) is 0.633. The topological polar surface area (TPSA) is 70.2 Å². The van der Waals surface area contributed by atoms with E-state index in [-0.39, 0.29) is 0 Å². The van der Waals surface area contributed by atoms with E-state index in [1.54, 1.807) is 36.4 Å². The van der Waals surface area contributed by atoms with Crippen LogP contribution in [0.1, 0.15) is 0 Å². The number of amides is 2. The van der Waals surface area contributed by atoms with Crippen molar-refractivity contribution in [1.82, 2.24) is 0 Å². The molecule has 0 aliphatic carbocycles. The molecule has 3 rings (SSSR count). The second-order valence-electron chi connectivity index (χ2n) is 5.34. The molecule has 0 radical (unpaired) electrons. The van der Waals surface area contributed by atoms with Crippen LogP contribution in [0.15, 0.2) is 84.9 Å². The number of benzene rings is 3. The smallest absolute Gasteiger partial charge is 0.314 e. The van der Waals surface area contributed by atoms with Crippen LogP contribution in [0.2, 0.25) is 0 Å². The molecule has 0 aromatic heterocycles. The Hall–Kier alpha value is -3.60. The second kappa shape index (κ2) is 7.79. The Morgan fingerprint density at radius 2 is 0.840 bits per heavy atom. The highest BCUT2D eigenvalue weighted by atomic mass is 16.2. The van der Waals surface area contributed by atoms with Gasteiger partial charge in [0, 0.05) is 22.7 Å². The van der Waals surface area contributed by atoms with Crippen molar-refractivity contribution in [2.24, 2.45) is 0 Å². The lowest BCUT2D eigenvalue weighted by atomic mass is 10.2. The number of rotatable bonds is 4. The molecule has 0 unspecified atom stereocenters. The summed E-state index contributed by atoms with van der Waals surface area (Å²) in [6, 6.07) is 25.7. The van der Waals surface area contributed by atoms with Gasteiger partial charge in [-0.3, -0.25) is 9.59 Å². The van der Waals surface area contributed by atoms with E-state index in [2.05, 4.69) is 16.0 Å². The normalized spacial score (nSPS) is 9.92. The monoisotopic (exact) mass is 331 g/mol. The van der Waals surface area contributed by atoms with Crippen molar-refractivity contribution in [3.05, 3.63) is 84.9 Å². The lowest BCUT2D eigenvalue weighted by molar-refractivity contribution is -0.132. The average molecular weight is 331 g/mol. The number of carbonyl (C=O) groups excluding carboxylic acids is 2.